The van der Waals surface area contributed by atoms with Crippen LogP contribution in [0.3, 0.4) is 0 Å². The molecule has 1 aromatic carbocycles. The molecule has 0 radical (unpaired) electrons. The molecule has 3 aromatic rings. The van der Waals surface area contributed by atoms with E-state index in [0.717, 1.165) is 27.9 Å². The summed E-state index contributed by atoms with van der Waals surface area (Å²) in [4.78, 5) is 34.2. The molecule has 1 amide bonds. The van der Waals surface area contributed by atoms with Crippen LogP contribution in [0.4, 0.5) is 0 Å². The molecule has 0 aliphatic heterocycles. The molecular formula is C24H32N4O3S. The van der Waals surface area contributed by atoms with Crippen molar-refractivity contribution in [2.24, 2.45) is 5.92 Å². The Labute approximate surface area is 192 Å². The number of H-pyrrole nitrogens is 1. The first-order valence-electron chi connectivity index (χ1n) is 10.9. The number of carbonyl (C=O) groups excluding carboxylic acids is 1. The van der Waals surface area contributed by atoms with Crippen molar-refractivity contribution in [3.8, 4) is 0 Å². The van der Waals surface area contributed by atoms with E-state index in [1.807, 2.05) is 37.5 Å². The number of likely N-dealkylation sites (N-methyl/N-ethyl adjacent to an activating group) is 1. The Morgan fingerprint density at radius 2 is 1.97 bits per heavy atom. The van der Waals surface area contributed by atoms with Gasteiger partial charge < -0.3 is 20.3 Å². The molecule has 32 heavy (non-hydrogen) atoms. The van der Waals surface area contributed by atoms with Crippen LogP contribution in [-0.4, -0.2) is 58.0 Å². The standard InChI is InChI=1S/C24H32N4O3S/c1-14(2)19(25-4)10-15(3)22-27-20(13-32-22)23(29)28(5)21(24(30)31)11-16-12-26-18-9-7-6-8-17(16)18/h6-9,12-15,19,21,25-26H,10-11H2,1-5H3,(H,30,31)/t15-,19-,21?/m1/s1. The predicted molar refractivity (Wildman–Crippen MR) is 128 cm³/mol. The van der Waals surface area contributed by atoms with Gasteiger partial charge in [0, 0.05) is 47.9 Å². The summed E-state index contributed by atoms with van der Waals surface area (Å²) in [5.74, 6) is -0.714. The summed E-state index contributed by atoms with van der Waals surface area (Å²) in [6.45, 7) is 6.47. The van der Waals surface area contributed by atoms with Crippen LogP contribution in [0.25, 0.3) is 10.9 Å². The van der Waals surface area contributed by atoms with Crippen molar-refractivity contribution in [1.29, 1.82) is 0 Å². The van der Waals surface area contributed by atoms with Crippen LogP contribution < -0.4 is 5.32 Å². The second-order valence-corrected chi connectivity index (χ2v) is 9.57. The molecule has 0 fully saturated rings. The number of carboxylic acids is 1. The van der Waals surface area contributed by atoms with Crippen molar-refractivity contribution in [2.75, 3.05) is 14.1 Å². The molecule has 1 unspecified atom stereocenters. The quantitative estimate of drug-likeness (QED) is 0.426. The van der Waals surface area contributed by atoms with Gasteiger partial charge >= 0.3 is 5.97 Å². The molecule has 8 heteroatoms. The maximum atomic E-state index is 13.1. The lowest BCUT2D eigenvalue weighted by Crippen LogP contribution is -2.44. The van der Waals surface area contributed by atoms with E-state index in [9.17, 15) is 14.7 Å². The Kier molecular flexibility index (Phi) is 7.69. The summed E-state index contributed by atoms with van der Waals surface area (Å²) in [5, 5.41) is 16.8. The number of hydrogen-bond acceptors (Lipinski definition) is 5. The van der Waals surface area contributed by atoms with Crippen LogP contribution in [0.1, 0.15) is 54.2 Å². The van der Waals surface area contributed by atoms with Gasteiger partial charge in [-0.2, -0.15) is 0 Å². The fourth-order valence-electron chi connectivity index (χ4n) is 4.04. The average Bonchev–Trinajstić information content (AvgIpc) is 3.42. The molecule has 172 valence electrons. The van der Waals surface area contributed by atoms with Gasteiger partial charge in [-0.25, -0.2) is 9.78 Å². The fraction of sp³-hybridized carbons (Fsp3) is 0.458. The van der Waals surface area contributed by atoms with Crippen molar-refractivity contribution < 1.29 is 14.7 Å². The van der Waals surface area contributed by atoms with E-state index in [1.54, 1.807) is 5.38 Å². The highest BCUT2D eigenvalue weighted by Crippen LogP contribution is 2.27. The largest absolute Gasteiger partial charge is 0.480 e. The summed E-state index contributed by atoms with van der Waals surface area (Å²) in [5.41, 5.74) is 2.11. The smallest absolute Gasteiger partial charge is 0.326 e. The molecule has 3 atom stereocenters. The van der Waals surface area contributed by atoms with Gasteiger partial charge in [0.15, 0.2) is 0 Å². The number of fused-ring (bicyclic) bond motifs is 1. The highest BCUT2D eigenvalue weighted by Gasteiger charge is 2.30. The number of benzene rings is 1. The van der Waals surface area contributed by atoms with Crippen LogP contribution in [0.15, 0.2) is 35.8 Å². The molecule has 0 saturated carbocycles. The Bertz CT molecular complexity index is 1070. The number of thiazole rings is 1. The van der Waals surface area contributed by atoms with Gasteiger partial charge in [-0.3, -0.25) is 4.79 Å². The molecule has 2 aromatic heterocycles. The summed E-state index contributed by atoms with van der Waals surface area (Å²) < 4.78 is 0. The monoisotopic (exact) mass is 456 g/mol. The molecular weight excluding hydrogens is 424 g/mol. The molecule has 0 bridgehead atoms. The number of aromatic nitrogens is 2. The molecule has 3 N–H and O–H groups in total. The SMILES string of the molecule is CN[C@H](C[C@@H](C)c1nc(C(=O)N(C)C(Cc2c[nH]c3ccccc23)C(=O)O)cs1)C(C)C. The minimum Gasteiger partial charge on any atom is -0.480 e. The van der Waals surface area contributed by atoms with E-state index < -0.39 is 12.0 Å². The molecule has 0 aliphatic carbocycles. The van der Waals surface area contributed by atoms with Crippen LogP contribution >= 0.6 is 11.3 Å². The highest BCUT2D eigenvalue weighted by molar-refractivity contribution is 7.09. The zero-order valence-electron chi connectivity index (χ0n) is 19.3. The Morgan fingerprint density at radius 3 is 2.62 bits per heavy atom. The van der Waals surface area contributed by atoms with Crippen LogP contribution in [0.2, 0.25) is 0 Å². The van der Waals surface area contributed by atoms with Crippen molar-refractivity contribution in [1.82, 2.24) is 20.2 Å². The van der Waals surface area contributed by atoms with Gasteiger partial charge in [-0.15, -0.1) is 11.3 Å². The Balaban J connectivity index is 1.75. The van der Waals surface area contributed by atoms with Gasteiger partial charge in [0.25, 0.3) is 5.91 Å². The summed E-state index contributed by atoms with van der Waals surface area (Å²) >= 11 is 1.46. The number of aromatic amines is 1. The van der Waals surface area contributed by atoms with E-state index in [4.69, 9.17) is 0 Å². The normalized spacial score (nSPS) is 14.4. The summed E-state index contributed by atoms with van der Waals surface area (Å²) in [6.07, 6.45) is 2.95. The summed E-state index contributed by atoms with van der Waals surface area (Å²) in [6, 6.07) is 7.11. The number of carboxylic acid groups (broad SMARTS) is 1. The van der Waals surface area contributed by atoms with Crippen LogP contribution in [0, 0.1) is 5.92 Å². The zero-order valence-corrected chi connectivity index (χ0v) is 20.1. The number of amides is 1. The molecule has 2 heterocycles. The lowest BCUT2D eigenvalue weighted by Gasteiger charge is -2.24. The minimum absolute atomic E-state index is 0.202. The number of hydrogen-bond donors (Lipinski definition) is 3. The Morgan fingerprint density at radius 1 is 1.25 bits per heavy atom. The van der Waals surface area contributed by atoms with Crippen molar-refractivity contribution in [2.45, 2.75) is 51.6 Å². The highest BCUT2D eigenvalue weighted by atomic mass is 32.1. The molecule has 3 rings (SSSR count). The van der Waals surface area contributed by atoms with E-state index in [1.165, 1.54) is 23.3 Å². The first-order valence-corrected chi connectivity index (χ1v) is 11.8. The lowest BCUT2D eigenvalue weighted by molar-refractivity contribution is -0.141. The third kappa shape index (κ3) is 5.19. The van der Waals surface area contributed by atoms with Gasteiger partial charge in [0.2, 0.25) is 0 Å². The first kappa shape index (κ1) is 23.9. The number of nitrogens with zero attached hydrogens (tertiary/aromatic N) is 2. The van der Waals surface area contributed by atoms with Gasteiger partial charge in [0.1, 0.15) is 11.7 Å². The second-order valence-electron chi connectivity index (χ2n) is 8.68. The van der Waals surface area contributed by atoms with E-state index >= 15 is 0 Å². The number of rotatable bonds is 10. The third-order valence-electron chi connectivity index (χ3n) is 6.11. The van der Waals surface area contributed by atoms with Gasteiger partial charge in [-0.1, -0.05) is 39.0 Å². The minimum atomic E-state index is -1.04. The average molecular weight is 457 g/mol. The number of carbonyl (C=O) groups is 2. The maximum Gasteiger partial charge on any atom is 0.326 e. The number of aliphatic carboxylic acids is 1. The number of nitrogens with one attached hydrogen (secondary N) is 2. The predicted octanol–water partition coefficient (Wildman–Crippen LogP) is 4.13. The van der Waals surface area contributed by atoms with Crippen LogP contribution in [0.5, 0.6) is 0 Å². The molecule has 0 spiro atoms. The number of para-hydroxylation sites is 1. The first-order chi connectivity index (χ1) is 15.2. The summed E-state index contributed by atoms with van der Waals surface area (Å²) in [7, 11) is 3.50. The molecule has 0 saturated heterocycles. The maximum absolute atomic E-state index is 13.1. The molecule has 7 nitrogen and oxygen atoms in total. The van der Waals surface area contributed by atoms with Crippen molar-refractivity contribution >= 4 is 34.1 Å². The van der Waals surface area contributed by atoms with Crippen molar-refractivity contribution in [3.05, 3.63) is 52.1 Å². The lowest BCUT2D eigenvalue weighted by atomic mass is 9.94. The third-order valence-corrected chi connectivity index (χ3v) is 7.18. The topological polar surface area (TPSA) is 98.3 Å². The van der Waals surface area contributed by atoms with Crippen LogP contribution in [-0.2, 0) is 11.2 Å². The fourth-order valence-corrected chi connectivity index (χ4v) is 4.90. The second kappa shape index (κ2) is 10.3. The molecule has 0 aliphatic rings. The van der Waals surface area contributed by atoms with Crippen molar-refractivity contribution in [3.63, 3.8) is 0 Å². The van der Waals surface area contributed by atoms with E-state index in [0.29, 0.717) is 17.7 Å². The van der Waals surface area contributed by atoms with Gasteiger partial charge in [-0.05, 0) is 31.0 Å². The van der Waals surface area contributed by atoms with Gasteiger partial charge in [0.05, 0.1) is 5.01 Å². The van der Waals surface area contributed by atoms with E-state index in [2.05, 4.69) is 36.1 Å². The van der Waals surface area contributed by atoms with E-state index in [-0.39, 0.29) is 18.2 Å². The Hall–Kier alpha value is -2.71. The zero-order chi connectivity index (χ0) is 23.4.